The Kier molecular flexibility index (Phi) is 5.53. The van der Waals surface area contributed by atoms with Gasteiger partial charge in [-0.25, -0.2) is 0 Å². The molecule has 2 rings (SSSR count). The lowest BCUT2D eigenvalue weighted by Gasteiger charge is -2.38. The number of hydrogen-bond acceptors (Lipinski definition) is 2. The molecule has 5 heteroatoms. The maximum atomic E-state index is 12.3. The Morgan fingerprint density at radius 3 is 2.86 bits per heavy atom. The Morgan fingerprint density at radius 2 is 2.19 bits per heavy atom. The van der Waals surface area contributed by atoms with Gasteiger partial charge in [0.2, 0.25) is 5.91 Å². The zero-order valence-corrected chi connectivity index (χ0v) is 14.0. The molecule has 0 aliphatic carbocycles. The van der Waals surface area contributed by atoms with Crippen LogP contribution < -0.4 is 10.6 Å². The lowest BCUT2D eigenvalue weighted by molar-refractivity contribution is -0.126. The van der Waals surface area contributed by atoms with E-state index in [1.54, 1.807) is 6.07 Å². The number of benzene rings is 1. The molecule has 1 fully saturated rings. The standard InChI is InChI=1S/C16H22Cl2N2O/c1-16(2)7-3-8-19-14(16)15(21)20-9-6-11-4-5-12(17)10-13(11)18/h4-5,10,14,19H,3,6-9H2,1-2H3,(H,20,21). The van der Waals surface area contributed by atoms with Crippen LogP contribution in [0.3, 0.4) is 0 Å². The number of piperidine rings is 1. The normalized spacial score (nSPS) is 21.0. The van der Waals surface area contributed by atoms with E-state index in [1.165, 1.54) is 0 Å². The van der Waals surface area contributed by atoms with Gasteiger partial charge in [-0.05, 0) is 48.9 Å². The van der Waals surface area contributed by atoms with Crippen molar-refractivity contribution in [2.24, 2.45) is 5.41 Å². The first-order valence-corrected chi connectivity index (χ1v) is 8.11. The van der Waals surface area contributed by atoms with Crippen molar-refractivity contribution in [3.05, 3.63) is 33.8 Å². The maximum Gasteiger partial charge on any atom is 0.237 e. The summed E-state index contributed by atoms with van der Waals surface area (Å²) in [7, 11) is 0. The fourth-order valence-electron chi connectivity index (χ4n) is 2.81. The minimum atomic E-state index is -0.119. The molecule has 1 saturated heterocycles. The molecule has 3 nitrogen and oxygen atoms in total. The first-order chi connectivity index (χ1) is 9.90. The molecular weight excluding hydrogens is 307 g/mol. The highest BCUT2D eigenvalue weighted by Crippen LogP contribution is 2.30. The fraction of sp³-hybridized carbons (Fsp3) is 0.562. The molecule has 21 heavy (non-hydrogen) atoms. The van der Waals surface area contributed by atoms with E-state index in [0.29, 0.717) is 23.0 Å². The van der Waals surface area contributed by atoms with Crippen molar-refractivity contribution in [1.82, 2.24) is 10.6 Å². The number of carbonyl (C=O) groups is 1. The van der Waals surface area contributed by atoms with Crippen LogP contribution in [0.5, 0.6) is 0 Å². The van der Waals surface area contributed by atoms with Crippen molar-refractivity contribution >= 4 is 29.1 Å². The zero-order valence-electron chi connectivity index (χ0n) is 12.5. The summed E-state index contributed by atoms with van der Waals surface area (Å²) in [6.07, 6.45) is 2.90. The van der Waals surface area contributed by atoms with Gasteiger partial charge in [0.25, 0.3) is 0 Å². The van der Waals surface area contributed by atoms with Crippen LogP contribution in [-0.4, -0.2) is 25.0 Å². The summed E-state index contributed by atoms with van der Waals surface area (Å²) in [6, 6.07) is 5.33. The second-order valence-electron chi connectivity index (χ2n) is 6.26. The molecule has 1 aliphatic heterocycles. The molecule has 2 N–H and O–H groups in total. The predicted molar refractivity (Wildman–Crippen MR) is 88.0 cm³/mol. The molecule has 1 unspecified atom stereocenters. The lowest BCUT2D eigenvalue weighted by atomic mass is 9.77. The van der Waals surface area contributed by atoms with Crippen molar-refractivity contribution in [3.8, 4) is 0 Å². The van der Waals surface area contributed by atoms with E-state index in [0.717, 1.165) is 24.9 Å². The maximum absolute atomic E-state index is 12.3. The molecule has 1 heterocycles. The van der Waals surface area contributed by atoms with E-state index < -0.39 is 0 Å². The van der Waals surface area contributed by atoms with Crippen molar-refractivity contribution < 1.29 is 4.79 Å². The molecule has 116 valence electrons. The topological polar surface area (TPSA) is 41.1 Å². The molecule has 1 atom stereocenters. The highest BCUT2D eigenvalue weighted by molar-refractivity contribution is 6.35. The Hall–Kier alpha value is -0.770. The number of hydrogen-bond donors (Lipinski definition) is 2. The van der Waals surface area contributed by atoms with Gasteiger partial charge in [0.15, 0.2) is 0 Å². The summed E-state index contributed by atoms with van der Waals surface area (Å²) in [6.45, 7) is 5.76. The van der Waals surface area contributed by atoms with E-state index >= 15 is 0 Å². The molecule has 1 aliphatic rings. The lowest BCUT2D eigenvalue weighted by Crippen LogP contribution is -2.55. The van der Waals surface area contributed by atoms with E-state index in [-0.39, 0.29) is 17.4 Å². The number of halogens is 2. The molecular formula is C16H22Cl2N2O. The van der Waals surface area contributed by atoms with Gasteiger partial charge in [0.1, 0.15) is 0 Å². The van der Waals surface area contributed by atoms with Crippen LogP contribution in [0.15, 0.2) is 18.2 Å². The quantitative estimate of drug-likeness (QED) is 0.889. The summed E-state index contributed by atoms with van der Waals surface area (Å²) < 4.78 is 0. The molecule has 0 aromatic heterocycles. The summed E-state index contributed by atoms with van der Waals surface area (Å²) in [4.78, 5) is 12.3. The molecule has 1 amide bonds. The second-order valence-corrected chi connectivity index (χ2v) is 7.10. The monoisotopic (exact) mass is 328 g/mol. The van der Waals surface area contributed by atoms with Gasteiger partial charge in [0.05, 0.1) is 6.04 Å². The van der Waals surface area contributed by atoms with Crippen molar-refractivity contribution in [1.29, 1.82) is 0 Å². The largest absolute Gasteiger partial charge is 0.354 e. The Labute approximate surface area is 136 Å². The zero-order chi connectivity index (χ0) is 15.5. The Morgan fingerprint density at radius 1 is 1.43 bits per heavy atom. The molecule has 0 radical (unpaired) electrons. The van der Waals surface area contributed by atoms with E-state index in [9.17, 15) is 4.79 Å². The summed E-state index contributed by atoms with van der Waals surface area (Å²) in [5, 5.41) is 7.60. The number of carbonyl (C=O) groups excluding carboxylic acids is 1. The Balaban J connectivity index is 1.86. The summed E-state index contributed by atoms with van der Waals surface area (Å²) in [5.74, 6) is 0.0739. The second kappa shape index (κ2) is 6.99. The van der Waals surface area contributed by atoms with Crippen LogP contribution in [0, 0.1) is 5.41 Å². The molecule has 0 spiro atoms. The number of nitrogens with one attached hydrogen (secondary N) is 2. The highest BCUT2D eigenvalue weighted by Gasteiger charge is 2.36. The third kappa shape index (κ3) is 4.35. The van der Waals surface area contributed by atoms with Gasteiger partial charge in [0, 0.05) is 16.6 Å². The smallest absolute Gasteiger partial charge is 0.237 e. The van der Waals surface area contributed by atoms with Crippen LogP contribution in [0.1, 0.15) is 32.3 Å². The van der Waals surface area contributed by atoms with Gasteiger partial charge in [-0.3, -0.25) is 4.79 Å². The van der Waals surface area contributed by atoms with E-state index in [1.807, 2.05) is 12.1 Å². The minimum absolute atomic E-state index is 0.000249. The van der Waals surface area contributed by atoms with Gasteiger partial charge in [-0.1, -0.05) is 43.1 Å². The summed E-state index contributed by atoms with van der Waals surface area (Å²) in [5.41, 5.74) is 0.998. The van der Waals surface area contributed by atoms with E-state index in [4.69, 9.17) is 23.2 Å². The molecule has 1 aromatic carbocycles. The van der Waals surface area contributed by atoms with Gasteiger partial charge >= 0.3 is 0 Å². The van der Waals surface area contributed by atoms with Gasteiger partial charge in [-0.15, -0.1) is 0 Å². The van der Waals surface area contributed by atoms with E-state index in [2.05, 4.69) is 24.5 Å². The van der Waals surface area contributed by atoms with Crippen LogP contribution in [0.2, 0.25) is 10.0 Å². The summed E-state index contributed by atoms with van der Waals surface area (Å²) >= 11 is 12.0. The fourth-order valence-corrected chi connectivity index (χ4v) is 3.31. The molecule has 0 saturated carbocycles. The minimum Gasteiger partial charge on any atom is -0.354 e. The molecule has 0 bridgehead atoms. The SMILES string of the molecule is CC1(C)CCCNC1C(=O)NCCc1ccc(Cl)cc1Cl. The van der Waals surface area contributed by atoms with Crippen LogP contribution >= 0.6 is 23.2 Å². The third-order valence-electron chi connectivity index (χ3n) is 4.10. The number of amides is 1. The average Bonchev–Trinajstić information content (AvgIpc) is 2.40. The first kappa shape index (κ1) is 16.6. The Bertz CT molecular complexity index is 517. The van der Waals surface area contributed by atoms with Crippen LogP contribution in [0.4, 0.5) is 0 Å². The van der Waals surface area contributed by atoms with Gasteiger partial charge in [-0.2, -0.15) is 0 Å². The highest BCUT2D eigenvalue weighted by atomic mass is 35.5. The number of rotatable bonds is 4. The van der Waals surface area contributed by atoms with Crippen molar-refractivity contribution in [2.45, 2.75) is 39.2 Å². The van der Waals surface area contributed by atoms with Crippen molar-refractivity contribution in [3.63, 3.8) is 0 Å². The van der Waals surface area contributed by atoms with Crippen LogP contribution in [-0.2, 0) is 11.2 Å². The van der Waals surface area contributed by atoms with Gasteiger partial charge < -0.3 is 10.6 Å². The first-order valence-electron chi connectivity index (χ1n) is 7.35. The average molecular weight is 329 g/mol. The predicted octanol–water partition coefficient (Wildman–Crippen LogP) is 3.43. The molecule has 1 aromatic rings. The van der Waals surface area contributed by atoms with Crippen LogP contribution in [0.25, 0.3) is 0 Å². The third-order valence-corrected chi connectivity index (χ3v) is 4.69. The van der Waals surface area contributed by atoms with Crippen molar-refractivity contribution in [2.75, 3.05) is 13.1 Å².